The Morgan fingerprint density at radius 3 is 2.59 bits per heavy atom. The molecule has 5 rings (SSSR count). The number of carbonyl (C=O) groups excluding carboxylic acids is 1. The molecule has 5 aliphatic rings. The number of hydrogen-bond donors (Lipinski definition) is 1. The number of aliphatic hydroxyl groups excluding tert-OH is 1. The third kappa shape index (κ3) is 5.30. The third-order valence-electron chi connectivity index (χ3n) is 12.5. The van der Waals surface area contributed by atoms with Crippen LogP contribution < -0.4 is 0 Å². The standard InChI is InChI=1S/C32H54N2O3/c1-22(8-11-30(36)37-4)25-9-10-26-24-21-29(35)28-20-23(33-16-19-34-17-6-5-7-18-34)12-14-32(28,3)27(24)13-15-31(25,26)2/h22,24-29,35H,5-21H2,1-4H3/t22-,24?,25-,26?,27?,28?,29+,31-,32-/m1/s1. The number of aliphatic hydroxyl groups is 1. The van der Waals surface area contributed by atoms with Crippen LogP contribution in [0.3, 0.4) is 0 Å². The fourth-order valence-corrected chi connectivity index (χ4v) is 10.4. The van der Waals surface area contributed by atoms with Gasteiger partial charge in [-0.05, 0) is 130 Å². The van der Waals surface area contributed by atoms with E-state index in [0.29, 0.717) is 35.5 Å². The molecule has 4 unspecified atom stereocenters. The Kier molecular flexibility index (Phi) is 8.42. The number of aliphatic imine (C=N–C) groups is 1. The van der Waals surface area contributed by atoms with Gasteiger partial charge in [-0.25, -0.2) is 0 Å². The summed E-state index contributed by atoms with van der Waals surface area (Å²) in [4.78, 5) is 19.5. The molecule has 0 spiro atoms. The monoisotopic (exact) mass is 514 g/mol. The van der Waals surface area contributed by atoms with E-state index < -0.39 is 0 Å². The van der Waals surface area contributed by atoms with E-state index in [4.69, 9.17) is 9.73 Å². The van der Waals surface area contributed by atoms with Crippen molar-refractivity contribution in [3.8, 4) is 0 Å². The molecule has 0 aromatic heterocycles. The average Bonchev–Trinajstić information content (AvgIpc) is 3.26. The largest absolute Gasteiger partial charge is 0.469 e. The van der Waals surface area contributed by atoms with Gasteiger partial charge in [0.05, 0.1) is 19.8 Å². The van der Waals surface area contributed by atoms with Crippen LogP contribution in [0.25, 0.3) is 0 Å². The normalized spacial score (nSPS) is 44.1. The summed E-state index contributed by atoms with van der Waals surface area (Å²) in [7, 11) is 1.50. The minimum Gasteiger partial charge on any atom is -0.469 e. The molecule has 5 nitrogen and oxygen atoms in total. The number of methoxy groups -OCH3 is 1. The zero-order valence-corrected chi connectivity index (χ0v) is 24.2. The van der Waals surface area contributed by atoms with E-state index in [1.54, 1.807) is 0 Å². The number of hydrogen-bond acceptors (Lipinski definition) is 5. The van der Waals surface area contributed by atoms with Crippen molar-refractivity contribution in [1.29, 1.82) is 0 Å². The predicted octanol–water partition coefficient (Wildman–Crippen LogP) is 6.13. The molecule has 0 aromatic carbocycles. The second-order valence-electron chi connectivity index (χ2n) is 14.2. The molecule has 1 N–H and O–H groups in total. The first-order valence-corrected chi connectivity index (χ1v) is 15.8. The Morgan fingerprint density at radius 1 is 1.08 bits per heavy atom. The van der Waals surface area contributed by atoms with Crippen molar-refractivity contribution in [1.82, 2.24) is 4.90 Å². The molecule has 0 amide bonds. The number of esters is 1. The Bertz CT molecular complexity index is 838. The molecular weight excluding hydrogens is 460 g/mol. The smallest absolute Gasteiger partial charge is 0.305 e. The average molecular weight is 515 g/mol. The molecule has 0 aromatic rings. The first-order valence-electron chi connectivity index (χ1n) is 15.8. The van der Waals surface area contributed by atoms with Gasteiger partial charge in [0.25, 0.3) is 0 Å². The molecule has 1 saturated heterocycles. The molecule has 37 heavy (non-hydrogen) atoms. The van der Waals surface area contributed by atoms with Gasteiger partial charge in [-0.1, -0.05) is 27.2 Å². The number of ether oxygens (including phenoxy) is 1. The molecule has 0 bridgehead atoms. The van der Waals surface area contributed by atoms with Gasteiger partial charge >= 0.3 is 5.97 Å². The lowest BCUT2D eigenvalue weighted by Gasteiger charge is -2.62. The summed E-state index contributed by atoms with van der Waals surface area (Å²) >= 11 is 0. The summed E-state index contributed by atoms with van der Waals surface area (Å²) in [6.07, 6.45) is 15.0. The second-order valence-corrected chi connectivity index (χ2v) is 14.2. The zero-order chi connectivity index (χ0) is 26.2. The van der Waals surface area contributed by atoms with Crippen molar-refractivity contribution < 1.29 is 14.6 Å². The number of likely N-dealkylation sites (tertiary alicyclic amines) is 1. The maximum Gasteiger partial charge on any atom is 0.305 e. The first-order chi connectivity index (χ1) is 17.8. The molecule has 9 atom stereocenters. The van der Waals surface area contributed by atoms with E-state index in [9.17, 15) is 9.90 Å². The van der Waals surface area contributed by atoms with Crippen LogP contribution in [0.15, 0.2) is 4.99 Å². The molecule has 5 fully saturated rings. The molecular formula is C32H54N2O3. The Morgan fingerprint density at radius 2 is 1.84 bits per heavy atom. The first kappa shape index (κ1) is 27.6. The second kappa shape index (κ2) is 11.3. The minimum atomic E-state index is -0.183. The molecule has 210 valence electrons. The zero-order valence-electron chi connectivity index (χ0n) is 24.2. The maximum atomic E-state index is 11.8. The molecule has 5 heteroatoms. The summed E-state index contributed by atoms with van der Waals surface area (Å²) in [5.74, 6) is 3.69. The van der Waals surface area contributed by atoms with E-state index in [1.165, 1.54) is 77.3 Å². The van der Waals surface area contributed by atoms with Crippen LogP contribution in [0.5, 0.6) is 0 Å². The van der Waals surface area contributed by atoms with E-state index in [-0.39, 0.29) is 17.5 Å². The topological polar surface area (TPSA) is 62.1 Å². The lowest BCUT2D eigenvalue weighted by atomic mass is 9.44. The molecule has 1 aliphatic heterocycles. The van der Waals surface area contributed by atoms with E-state index in [2.05, 4.69) is 25.7 Å². The summed E-state index contributed by atoms with van der Waals surface area (Å²) in [6, 6.07) is 0. The number of carbonyl (C=O) groups is 1. The van der Waals surface area contributed by atoms with Gasteiger partial charge in [-0.3, -0.25) is 9.79 Å². The fraction of sp³-hybridized carbons (Fsp3) is 0.938. The summed E-state index contributed by atoms with van der Waals surface area (Å²) in [6.45, 7) is 12.0. The molecule has 4 aliphatic carbocycles. The summed E-state index contributed by atoms with van der Waals surface area (Å²) in [5.41, 5.74) is 2.00. The van der Waals surface area contributed by atoms with Crippen LogP contribution in [0, 0.1) is 46.3 Å². The van der Waals surface area contributed by atoms with Gasteiger partial charge in [0, 0.05) is 18.7 Å². The van der Waals surface area contributed by atoms with Crippen LogP contribution >= 0.6 is 0 Å². The fourth-order valence-electron chi connectivity index (χ4n) is 10.4. The van der Waals surface area contributed by atoms with Crippen molar-refractivity contribution in [2.24, 2.45) is 51.3 Å². The lowest BCUT2D eigenvalue weighted by Crippen LogP contribution is -2.58. The SMILES string of the molecule is COC(=O)CC[C@@H](C)[C@H]1CCC2C3C[C@H](O)C4CC(=NCCN5CCCCC5)CC[C@]4(C)C3CC[C@@]21C. The van der Waals surface area contributed by atoms with Crippen molar-refractivity contribution in [3.63, 3.8) is 0 Å². The van der Waals surface area contributed by atoms with Crippen molar-refractivity contribution >= 4 is 11.7 Å². The molecule has 0 radical (unpaired) electrons. The van der Waals surface area contributed by atoms with E-state index >= 15 is 0 Å². The van der Waals surface area contributed by atoms with Gasteiger partial charge < -0.3 is 14.7 Å². The highest BCUT2D eigenvalue weighted by atomic mass is 16.5. The van der Waals surface area contributed by atoms with E-state index in [0.717, 1.165) is 50.6 Å². The number of nitrogens with zero attached hydrogens (tertiary/aromatic N) is 2. The third-order valence-corrected chi connectivity index (χ3v) is 12.5. The van der Waals surface area contributed by atoms with Gasteiger partial charge in [0.2, 0.25) is 0 Å². The summed E-state index contributed by atoms with van der Waals surface area (Å²) < 4.78 is 4.92. The van der Waals surface area contributed by atoms with Gasteiger partial charge in [0.1, 0.15) is 0 Å². The molecule has 1 heterocycles. The highest BCUT2D eigenvalue weighted by Gasteiger charge is 2.62. The minimum absolute atomic E-state index is 0.0728. The molecule has 4 saturated carbocycles. The van der Waals surface area contributed by atoms with Crippen LogP contribution in [-0.2, 0) is 9.53 Å². The summed E-state index contributed by atoms with van der Waals surface area (Å²) in [5, 5.41) is 11.6. The van der Waals surface area contributed by atoms with E-state index in [1.807, 2.05) is 0 Å². The van der Waals surface area contributed by atoms with Gasteiger partial charge in [-0.15, -0.1) is 0 Å². The Hall–Kier alpha value is -0.940. The van der Waals surface area contributed by atoms with Crippen LogP contribution in [0.4, 0.5) is 0 Å². The maximum absolute atomic E-state index is 11.8. The van der Waals surface area contributed by atoms with Crippen molar-refractivity contribution in [2.75, 3.05) is 33.3 Å². The quantitative estimate of drug-likeness (QED) is 0.415. The van der Waals surface area contributed by atoms with Gasteiger partial charge in [-0.2, -0.15) is 0 Å². The number of piperidine rings is 1. The van der Waals surface area contributed by atoms with Gasteiger partial charge in [0.15, 0.2) is 0 Å². The Labute approximate surface area is 226 Å². The van der Waals surface area contributed by atoms with Crippen molar-refractivity contribution in [2.45, 2.75) is 110 Å². The highest BCUT2D eigenvalue weighted by Crippen LogP contribution is 2.68. The lowest BCUT2D eigenvalue weighted by molar-refractivity contribution is -0.150. The van der Waals surface area contributed by atoms with Crippen molar-refractivity contribution in [3.05, 3.63) is 0 Å². The predicted molar refractivity (Wildman–Crippen MR) is 150 cm³/mol. The highest BCUT2D eigenvalue weighted by molar-refractivity contribution is 5.85. The van der Waals surface area contributed by atoms with Crippen LogP contribution in [0.2, 0.25) is 0 Å². The van der Waals surface area contributed by atoms with Crippen LogP contribution in [-0.4, -0.2) is 61.1 Å². The number of rotatable bonds is 7. The Balaban J connectivity index is 1.23. The number of fused-ring (bicyclic) bond motifs is 5. The van der Waals surface area contributed by atoms with Crippen LogP contribution in [0.1, 0.15) is 104 Å².